The first-order valence-electron chi connectivity index (χ1n) is 3.97. The van der Waals surface area contributed by atoms with E-state index in [4.69, 9.17) is 10.8 Å². The molecule has 2 rings (SSSR count). The van der Waals surface area contributed by atoms with Crippen LogP contribution in [0.2, 0.25) is 0 Å². The Balaban J connectivity index is 2.19. The summed E-state index contributed by atoms with van der Waals surface area (Å²) in [5, 5.41) is 8.78. The Morgan fingerprint density at radius 3 is 2.55 bits per heavy atom. The molecule has 4 nitrogen and oxygen atoms in total. The minimum Gasteiger partial charge on any atom is -0.465 e. The molecule has 4 heteroatoms. The summed E-state index contributed by atoms with van der Waals surface area (Å²) in [6, 6.07) is 0.412. The number of hydrogen-bond donors (Lipinski definition) is 2. The SMILES string of the molecule is N[C@H]1C[C@@H]2CC[C@H]1N2C(=O)O. The van der Waals surface area contributed by atoms with Crippen LogP contribution in [0.15, 0.2) is 0 Å². The molecule has 62 valence electrons. The van der Waals surface area contributed by atoms with Gasteiger partial charge in [-0.2, -0.15) is 0 Å². The first kappa shape index (κ1) is 6.91. The maximum absolute atomic E-state index is 10.7. The Morgan fingerprint density at radius 2 is 2.27 bits per heavy atom. The Hall–Kier alpha value is -0.770. The summed E-state index contributed by atoms with van der Waals surface area (Å²) in [6.45, 7) is 0. The molecule has 2 aliphatic rings. The van der Waals surface area contributed by atoms with Gasteiger partial charge in [-0.25, -0.2) is 4.79 Å². The summed E-state index contributed by atoms with van der Waals surface area (Å²) in [5.41, 5.74) is 5.74. The second-order valence-corrected chi connectivity index (χ2v) is 3.39. The molecule has 0 aliphatic carbocycles. The van der Waals surface area contributed by atoms with E-state index in [2.05, 4.69) is 0 Å². The number of hydrogen-bond acceptors (Lipinski definition) is 2. The van der Waals surface area contributed by atoms with Crippen LogP contribution in [-0.4, -0.2) is 34.2 Å². The summed E-state index contributed by atoms with van der Waals surface area (Å²) >= 11 is 0. The summed E-state index contributed by atoms with van der Waals surface area (Å²) < 4.78 is 0. The van der Waals surface area contributed by atoms with E-state index >= 15 is 0 Å². The Labute approximate surface area is 65.0 Å². The second kappa shape index (κ2) is 2.11. The Morgan fingerprint density at radius 1 is 1.55 bits per heavy atom. The summed E-state index contributed by atoms with van der Waals surface area (Å²) in [6.07, 6.45) is 2.02. The van der Waals surface area contributed by atoms with Crippen molar-refractivity contribution >= 4 is 6.09 Å². The van der Waals surface area contributed by atoms with E-state index in [-0.39, 0.29) is 18.1 Å². The molecule has 0 saturated carbocycles. The summed E-state index contributed by atoms with van der Waals surface area (Å²) in [7, 11) is 0. The van der Waals surface area contributed by atoms with Crippen molar-refractivity contribution in [3.05, 3.63) is 0 Å². The molecule has 2 fully saturated rings. The van der Waals surface area contributed by atoms with Crippen molar-refractivity contribution in [2.24, 2.45) is 5.73 Å². The zero-order chi connectivity index (χ0) is 8.01. The minimum absolute atomic E-state index is 0.0878. The molecule has 0 aromatic rings. The van der Waals surface area contributed by atoms with Crippen LogP contribution < -0.4 is 5.73 Å². The normalized spacial score (nSPS) is 41.5. The lowest BCUT2D eigenvalue weighted by Gasteiger charge is -2.18. The van der Waals surface area contributed by atoms with Gasteiger partial charge in [0.25, 0.3) is 0 Å². The van der Waals surface area contributed by atoms with Crippen molar-refractivity contribution in [1.29, 1.82) is 0 Å². The monoisotopic (exact) mass is 156 g/mol. The van der Waals surface area contributed by atoms with Crippen molar-refractivity contribution in [3.8, 4) is 0 Å². The highest BCUT2D eigenvalue weighted by molar-refractivity contribution is 5.67. The molecular formula is C7H12N2O2. The number of nitrogens with zero attached hydrogens (tertiary/aromatic N) is 1. The smallest absolute Gasteiger partial charge is 0.407 e. The number of amides is 1. The zero-order valence-corrected chi connectivity index (χ0v) is 6.23. The third kappa shape index (κ3) is 0.822. The van der Waals surface area contributed by atoms with Crippen molar-refractivity contribution in [2.75, 3.05) is 0 Å². The molecule has 2 aliphatic heterocycles. The van der Waals surface area contributed by atoms with Gasteiger partial charge in [-0.1, -0.05) is 0 Å². The molecule has 2 saturated heterocycles. The number of carboxylic acid groups (broad SMARTS) is 1. The standard InChI is InChI=1S/C7H12N2O2/c8-5-3-4-1-2-6(5)9(4)7(10)11/h4-6H,1-3,8H2,(H,10,11)/t4-,5-,6+/m0/s1. The van der Waals surface area contributed by atoms with Crippen molar-refractivity contribution in [2.45, 2.75) is 37.4 Å². The van der Waals surface area contributed by atoms with Crippen LogP contribution in [0.5, 0.6) is 0 Å². The highest BCUT2D eigenvalue weighted by atomic mass is 16.4. The third-order valence-electron chi connectivity index (χ3n) is 2.81. The average molecular weight is 156 g/mol. The van der Waals surface area contributed by atoms with Crippen LogP contribution in [-0.2, 0) is 0 Å². The maximum Gasteiger partial charge on any atom is 0.407 e. The van der Waals surface area contributed by atoms with Crippen molar-refractivity contribution < 1.29 is 9.90 Å². The van der Waals surface area contributed by atoms with Gasteiger partial charge in [0, 0.05) is 12.1 Å². The van der Waals surface area contributed by atoms with Gasteiger partial charge in [0.2, 0.25) is 0 Å². The van der Waals surface area contributed by atoms with Gasteiger partial charge >= 0.3 is 6.09 Å². The average Bonchev–Trinajstić information content (AvgIpc) is 2.41. The van der Waals surface area contributed by atoms with Crippen LogP contribution in [0.25, 0.3) is 0 Å². The van der Waals surface area contributed by atoms with E-state index < -0.39 is 6.09 Å². The van der Waals surface area contributed by atoms with E-state index in [9.17, 15) is 4.79 Å². The molecule has 0 spiro atoms. The van der Waals surface area contributed by atoms with Crippen molar-refractivity contribution in [1.82, 2.24) is 4.90 Å². The van der Waals surface area contributed by atoms with E-state index in [0.29, 0.717) is 0 Å². The van der Waals surface area contributed by atoms with Crippen molar-refractivity contribution in [3.63, 3.8) is 0 Å². The van der Waals surface area contributed by atoms with Crippen LogP contribution in [0.1, 0.15) is 19.3 Å². The molecule has 11 heavy (non-hydrogen) atoms. The molecular weight excluding hydrogens is 144 g/mol. The van der Waals surface area contributed by atoms with Gasteiger partial charge in [-0.05, 0) is 19.3 Å². The molecule has 0 radical (unpaired) electrons. The largest absolute Gasteiger partial charge is 0.465 e. The fourth-order valence-electron chi connectivity index (χ4n) is 2.33. The van der Waals surface area contributed by atoms with Crippen LogP contribution in [0.4, 0.5) is 4.79 Å². The predicted octanol–water partition coefficient (Wildman–Crippen LogP) is 0.228. The zero-order valence-electron chi connectivity index (χ0n) is 6.23. The highest BCUT2D eigenvalue weighted by Crippen LogP contribution is 2.36. The van der Waals surface area contributed by atoms with E-state index in [0.717, 1.165) is 19.3 Å². The van der Waals surface area contributed by atoms with Gasteiger partial charge in [-0.3, -0.25) is 0 Å². The third-order valence-corrected chi connectivity index (χ3v) is 2.81. The lowest BCUT2D eigenvalue weighted by Crippen LogP contribution is -2.39. The Kier molecular flexibility index (Phi) is 1.32. The fourth-order valence-corrected chi connectivity index (χ4v) is 2.33. The van der Waals surface area contributed by atoms with Gasteiger partial charge in [0.15, 0.2) is 0 Å². The molecule has 1 amide bonds. The lowest BCUT2D eigenvalue weighted by atomic mass is 9.97. The van der Waals surface area contributed by atoms with Crippen LogP contribution >= 0.6 is 0 Å². The van der Waals surface area contributed by atoms with Crippen LogP contribution in [0.3, 0.4) is 0 Å². The number of nitrogens with two attached hydrogens (primary N) is 1. The number of carbonyl (C=O) groups is 1. The van der Waals surface area contributed by atoms with Gasteiger partial charge in [0.05, 0.1) is 6.04 Å². The quantitative estimate of drug-likeness (QED) is 0.527. The van der Waals surface area contributed by atoms with Gasteiger partial charge in [-0.15, -0.1) is 0 Å². The maximum atomic E-state index is 10.7. The lowest BCUT2D eigenvalue weighted by molar-refractivity contribution is 0.138. The summed E-state index contributed by atoms with van der Waals surface area (Å²) in [4.78, 5) is 12.2. The molecule has 0 aromatic carbocycles. The molecule has 0 aromatic heterocycles. The molecule has 0 unspecified atom stereocenters. The number of rotatable bonds is 0. The van der Waals surface area contributed by atoms with Gasteiger partial charge < -0.3 is 15.7 Å². The van der Waals surface area contributed by atoms with E-state index in [1.807, 2.05) is 0 Å². The number of fused-ring (bicyclic) bond motifs is 2. The topological polar surface area (TPSA) is 66.6 Å². The molecule has 2 bridgehead atoms. The second-order valence-electron chi connectivity index (χ2n) is 3.39. The molecule has 2 heterocycles. The first-order valence-corrected chi connectivity index (χ1v) is 3.97. The molecule has 3 N–H and O–H groups in total. The minimum atomic E-state index is -0.801. The molecule has 3 atom stereocenters. The highest BCUT2D eigenvalue weighted by Gasteiger charge is 2.47. The summed E-state index contributed by atoms with van der Waals surface area (Å²) in [5.74, 6) is 0. The fraction of sp³-hybridized carbons (Fsp3) is 0.857. The van der Waals surface area contributed by atoms with Gasteiger partial charge in [0.1, 0.15) is 0 Å². The first-order chi connectivity index (χ1) is 5.20. The predicted molar refractivity (Wildman–Crippen MR) is 39.3 cm³/mol. The van der Waals surface area contributed by atoms with E-state index in [1.165, 1.54) is 4.90 Å². The Bertz CT molecular complexity index is 195. The van der Waals surface area contributed by atoms with Crippen LogP contribution in [0, 0.1) is 0 Å². The van der Waals surface area contributed by atoms with E-state index in [1.54, 1.807) is 0 Å².